The molecule has 0 spiro atoms. The third kappa shape index (κ3) is 4.67. The standard InChI is InChI=1S/C21H21NO5S/c1-2-25-21(24)17(13-28)22-20(23)19-11-10-15(27-19)12-26-18-9-5-7-14-6-3-4-8-16(14)18/h3-11,17,28H,2,12-13H2,1H3,(H,22,23)/t17-/m0/s1. The van der Waals surface area contributed by atoms with Crippen molar-refractivity contribution in [2.45, 2.75) is 19.6 Å². The van der Waals surface area contributed by atoms with Crippen LogP contribution in [0, 0.1) is 0 Å². The number of nitrogens with one attached hydrogen (secondary N) is 1. The Hall–Kier alpha value is -2.93. The molecule has 0 bridgehead atoms. The average molecular weight is 399 g/mol. The number of benzene rings is 2. The predicted octanol–water partition coefficient (Wildman–Crippen LogP) is 3.60. The van der Waals surface area contributed by atoms with Crippen molar-refractivity contribution < 1.29 is 23.5 Å². The number of furan rings is 1. The van der Waals surface area contributed by atoms with E-state index in [0.717, 1.165) is 16.5 Å². The van der Waals surface area contributed by atoms with Gasteiger partial charge in [-0.1, -0.05) is 36.4 Å². The van der Waals surface area contributed by atoms with Crippen LogP contribution in [-0.4, -0.2) is 30.3 Å². The van der Waals surface area contributed by atoms with Crippen molar-refractivity contribution >= 4 is 35.3 Å². The quantitative estimate of drug-likeness (QED) is 0.447. The zero-order chi connectivity index (χ0) is 19.9. The van der Waals surface area contributed by atoms with E-state index in [2.05, 4.69) is 17.9 Å². The first-order valence-corrected chi connectivity index (χ1v) is 9.53. The third-order valence-electron chi connectivity index (χ3n) is 4.06. The minimum atomic E-state index is -0.837. The van der Waals surface area contributed by atoms with Crippen molar-refractivity contribution in [3.05, 3.63) is 66.1 Å². The Morgan fingerprint density at radius 1 is 1.11 bits per heavy atom. The molecular weight excluding hydrogens is 378 g/mol. The lowest BCUT2D eigenvalue weighted by atomic mass is 10.1. The molecular formula is C21H21NO5S. The van der Waals surface area contributed by atoms with Crippen LogP contribution < -0.4 is 10.1 Å². The van der Waals surface area contributed by atoms with Gasteiger partial charge >= 0.3 is 5.97 Å². The van der Waals surface area contributed by atoms with Gasteiger partial charge in [-0.2, -0.15) is 12.6 Å². The second-order valence-corrected chi connectivity index (χ2v) is 6.36. The summed E-state index contributed by atoms with van der Waals surface area (Å²) in [4.78, 5) is 24.1. The van der Waals surface area contributed by atoms with Crippen LogP contribution in [-0.2, 0) is 16.1 Å². The predicted molar refractivity (Wildman–Crippen MR) is 109 cm³/mol. The smallest absolute Gasteiger partial charge is 0.329 e. The van der Waals surface area contributed by atoms with E-state index in [-0.39, 0.29) is 24.7 Å². The Kier molecular flexibility index (Phi) is 6.60. The molecule has 0 saturated heterocycles. The first-order chi connectivity index (χ1) is 13.6. The number of hydrogen-bond acceptors (Lipinski definition) is 6. The summed E-state index contributed by atoms with van der Waals surface area (Å²) in [6.45, 7) is 2.11. The van der Waals surface area contributed by atoms with Gasteiger partial charge in [0.25, 0.3) is 5.91 Å². The lowest BCUT2D eigenvalue weighted by molar-refractivity contribution is -0.144. The molecule has 0 saturated carbocycles. The summed E-state index contributed by atoms with van der Waals surface area (Å²) in [5, 5.41) is 4.63. The number of amides is 1. The molecule has 1 N–H and O–H groups in total. The minimum Gasteiger partial charge on any atom is -0.485 e. The van der Waals surface area contributed by atoms with Gasteiger partial charge in [-0.25, -0.2) is 4.79 Å². The normalized spacial score (nSPS) is 11.8. The highest BCUT2D eigenvalue weighted by Crippen LogP contribution is 2.26. The fraction of sp³-hybridized carbons (Fsp3) is 0.238. The molecule has 0 radical (unpaired) electrons. The van der Waals surface area contributed by atoms with Crippen LogP contribution in [0.1, 0.15) is 23.2 Å². The van der Waals surface area contributed by atoms with Gasteiger partial charge in [-0.3, -0.25) is 4.79 Å². The van der Waals surface area contributed by atoms with Crippen molar-refractivity contribution in [3.8, 4) is 5.75 Å². The summed E-state index contributed by atoms with van der Waals surface area (Å²) in [6.07, 6.45) is 0. The summed E-state index contributed by atoms with van der Waals surface area (Å²) < 4.78 is 16.3. The molecule has 7 heteroatoms. The zero-order valence-corrected chi connectivity index (χ0v) is 16.3. The second kappa shape index (κ2) is 9.32. The van der Waals surface area contributed by atoms with Crippen LogP contribution in [0.25, 0.3) is 10.8 Å². The molecule has 1 heterocycles. The van der Waals surface area contributed by atoms with E-state index < -0.39 is 17.9 Å². The SMILES string of the molecule is CCOC(=O)[C@H](CS)NC(=O)c1ccc(COc2cccc3ccccc23)o1. The third-order valence-corrected chi connectivity index (χ3v) is 4.43. The molecule has 0 aliphatic heterocycles. The van der Waals surface area contributed by atoms with E-state index >= 15 is 0 Å². The number of fused-ring (bicyclic) bond motifs is 1. The summed E-state index contributed by atoms with van der Waals surface area (Å²) in [5.41, 5.74) is 0. The maximum atomic E-state index is 12.3. The first kappa shape index (κ1) is 19.8. The molecule has 28 heavy (non-hydrogen) atoms. The van der Waals surface area contributed by atoms with Crippen LogP contribution in [0.15, 0.2) is 59.0 Å². The highest BCUT2D eigenvalue weighted by atomic mass is 32.1. The van der Waals surface area contributed by atoms with Gasteiger partial charge in [0.2, 0.25) is 0 Å². The Morgan fingerprint density at radius 3 is 2.68 bits per heavy atom. The number of rotatable bonds is 8. The van der Waals surface area contributed by atoms with Gasteiger partial charge in [0.15, 0.2) is 5.76 Å². The first-order valence-electron chi connectivity index (χ1n) is 8.90. The molecule has 0 aliphatic rings. The maximum absolute atomic E-state index is 12.3. The number of thiol groups is 1. The van der Waals surface area contributed by atoms with Gasteiger partial charge in [-0.15, -0.1) is 0 Å². The van der Waals surface area contributed by atoms with Crippen molar-refractivity contribution in [1.82, 2.24) is 5.32 Å². The molecule has 3 aromatic rings. The van der Waals surface area contributed by atoms with Crippen LogP contribution >= 0.6 is 12.6 Å². The molecule has 1 atom stereocenters. The Balaban J connectivity index is 1.63. The van der Waals surface area contributed by atoms with E-state index in [1.807, 2.05) is 42.5 Å². The lowest BCUT2D eigenvalue weighted by Gasteiger charge is -2.14. The Labute approximate surface area is 168 Å². The number of carbonyl (C=O) groups excluding carboxylic acids is 2. The average Bonchev–Trinajstić information content (AvgIpc) is 3.19. The number of ether oxygens (including phenoxy) is 2. The molecule has 0 aliphatic carbocycles. The highest BCUT2D eigenvalue weighted by molar-refractivity contribution is 7.80. The molecule has 1 amide bonds. The van der Waals surface area contributed by atoms with E-state index in [4.69, 9.17) is 13.9 Å². The van der Waals surface area contributed by atoms with Crippen molar-refractivity contribution in [3.63, 3.8) is 0 Å². The topological polar surface area (TPSA) is 77.8 Å². The van der Waals surface area contributed by atoms with Crippen LogP contribution in [0.3, 0.4) is 0 Å². The van der Waals surface area contributed by atoms with Crippen molar-refractivity contribution in [2.24, 2.45) is 0 Å². The van der Waals surface area contributed by atoms with Crippen LogP contribution in [0.5, 0.6) is 5.75 Å². The zero-order valence-electron chi connectivity index (χ0n) is 15.4. The number of esters is 1. The monoisotopic (exact) mass is 399 g/mol. The van der Waals surface area contributed by atoms with E-state index in [0.29, 0.717) is 5.76 Å². The molecule has 6 nitrogen and oxygen atoms in total. The largest absolute Gasteiger partial charge is 0.485 e. The van der Waals surface area contributed by atoms with Crippen molar-refractivity contribution in [1.29, 1.82) is 0 Å². The molecule has 2 aromatic carbocycles. The van der Waals surface area contributed by atoms with Crippen molar-refractivity contribution in [2.75, 3.05) is 12.4 Å². The molecule has 1 aromatic heterocycles. The van der Waals surface area contributed by atoms with E-state index in [1.165, 1.54) is 6.07 Å². The number of carbonyl (C=O) groups is 2. The van der Waals surface area contributed by atoms with Crippen LogP contribution in [0.4, 0.5) is 0 Å². The summed E-state index contributed by atoms with van der Waals surface area (Å²) in [7, 11) is 0. The Morgan fingerprint density at radius 2 is 1.89 bits per heavy atom. The maximum Gasteiger partial charge on any atom is 0.329 e. The molecule has 146 valence electrons. The Bertz CT molecular complexity index is 963. The summed E-state index contributed by atoms with van der Waals surface area (Å²) in [6, 6.07) is 16.1. The molecule has 3 rings (SSSR count). The van der Waals surface area contributed by atoms with E-state index in [1.54, 1.807) is 13.0 Å². The number of hydrogen-bond donors (Lipinski definition) is 2. The minimum absolute atomic E-state index is 0.0904. The van der Waals surface area contributed by atoms with E-state index in [9.17, 15) is 9.59 Å². The molecule has 0 unspecified atom stereocenters. The highest BCUT2D eigenvalue weighted by Gasteiger charge is 2.22. The molecule has 0 fully saturated rings. The van der Waals surface area contributed by atoms with Gasteiger partial charge in [-0.05, 0) is 30.5 Å². The van der Waals surface area contributed by atoms with Gasteiger partial charge in [0, 0.05) is 11.1 Å². The van der Waals surface area contributed by atoms with Gasteiger partial charge in [0.05, 0.1) is 6.61 Å². The fourth-order valence-corrected chi connectivity index (χ4v) is 2.94. The summed E-state index contributed by atoms with van der Waals surface area (Å²) in [5.74, 6) is 0.408. The summed E-state index contributed by atoms with van der Waals surface area (Å²) >= 11 is 4.08. The van der Waals surface area contributed by atoms with Gasteiger partial charge in [0.1, 0.15) is 24.2 Å². The fourth-order valence-electron chi connectivity index (χ4n) is 2.70. The van der Waals surface area contributed by atoms with Gasteiger partial charge < -0.3 is 19.2 Å². The van der Waals surface area contributed by atoms with Crippen LogP contribution in [0.2, 0.25) is 0 Å². The second-order valence-electron chi connectivity index (χ2n) is 5.99. The lowest BCUT2D eigenvalue weighted by Crippen LogP contribution is -2.43.